The molecule has 1 rings (SSSR count). The zero-order valence-corrected chi connectivity index (χ0v) is 8.49. The number of benzene rings is 1. The minimum atomic E-state index is -4.30. The fourth-order valence-corrected chi connectivity index (χ4v) is 1.40. The molecule has 0 nitrogen and oxygen atoms in total. The van der Waals surface area contributed by atoms with E-state index in [1.54, 1.807) is 0 Å². The van der Waals surface area contributed by atoms with Crippen molar-refractivity contribution in [1.82, 2.24) is 0 Å². The summed E-state index contributed by atoms with van der Waals surface area (Å²) in [5.41, 5.74) is 0.667. The highest BCUT2D eigenvalue weighted by molar-refractivity contribution is 5.37. The predicted molar refractivity (Wildman–Crippen MR) is 53.4 cm³/mol. The Hall–Kier alpha value is -1.25. The summed E-state index contributed by atoms with van der Waals surface area (Å²) in [4.78, 5) is 0. The Bertz CT molecular complexity index is 350. The SMILES string of the molecule is C=[C]c1cc(C(F)(F)F)ccc1CCC. The molecule has 0 heterocycles. The predicted octanol–water partition coefficient (Wildman–Crippen LogP) is 4.00. The summed E-state index contributed by atoms with van der Waals surface area (Å²) in [5, 5.41) is 0. The molecule has 0 saturated heterocycles. The van der Waals surface area contributed by atoms with Crippen molar-refractivity contribution in [2.24, 2.45) is 0 Å². The van der Waals surface area contributed by atoms with Crippen LogP contribution in [-0.4, -0.2) is 0 Å². The molecule has 0 aromatic heterocycles. The van der Waals surface area contributed by atoms with Crippen LogP contribution in [0.15, 0.2) is 24.8 Å². The Labute approximate surface area is 87.4 Å². The van der Waals surface area contributed by atoms with Gasteiger partial charge in [-0.3, -0.25) is 0 Å². The van der Waals surface area contributed by atoms with Crippen molar-refractivity contribution >= 4 is 0 Å². The summed E-state index contributed by atoms with van der Waals surface area (Å²) < 4.78 is 37.1. The number of hydrogen-bond donors (Lipinski definition) is 0. The standard InChI is InChI=1S/C12H12F3/c1-3-5-10-6-7-11(12(13,14)15)8-9(10)4-2/h6-8H,2-3,5H2,1H3. The Morgan fingerprint density at radius 3 is 2.47 bits per heavy atom. The summed E-state index contributed by atoms with van der Waals surface area (Å²) in [5.74, 6) is 0. The topological polar surface area (TPSA) is 0 Å². The average Bonchev–Trinajstić information content (AvgIpc) is 2.17. The van der Waals surface area contributed by atoms with Crippen LogP contribution in [0.4, 0.5) is 13.2 Å². The summed E-state index contributed by atoms with van der Waals surface area (Å²) in [6, 6.07) is 3.70. The molecule has 1 radical (unpaired) electrons. The van der Waals surface area contributed by atoms with E-state index in [1.165, 1.54) is 6.07 Å². The average molecular weight is 213 g/mol. The van der Waals surface area contributed by atoms with Crippen LogP contribution in [-0.2, 0) is 12.6 Å². The number of aryl methyl sites for hydroxylation is 1. The first-order valence-corrected chi connectivity index (χ1v) is 4.72. The van der Waals surface area contributed by atoms with E-state index >= 15 is 0 Å². The van der Waals surface area contributed by atoms with Crippen molar-refractivity contribution in [2.75, 3.05) is 0 Å². The highest BCUT2D eigenvalue weighted by Gasteiger charge is 2.30. The highest BCUT2D eigenvalue weighted by Crippen LogP contribution is 2.30. The summed E-state index contributed by atoms with van der Waals surface area (Å²) >= 11 is 0. The van der Waals surface area contributed by atoms with Gasteiger partial charge in [0.2, 0.25) is 0 Å². The molecule has 0 fully saturated rings. The van der Waals surface area contributed by atoms with Gasteiger partial charge in [0.25, 0.3) is 0 Å². The van der Waals surface area contributed by atoms with Gasteiger partial charge in [-0.2, -0.15) is 13.2 Å². The number of halogens is 3. The molecule has 81 valence electrons. The van der Waals surface area contributed by atoms with Gasteiger partial charge in [-0.1, -0.05) is 26.0 Å². The van der Waals surface area contributed by atoms with Gasteiger partial charge in [0.1, 0.15) is 0 Å². The second kappa shape index (κ2) is 4.51. The Balaban J connectivity index is 3.13. The molecule has 0 unspecified atom stereocenters. The first-order valence-electron chi connectivity index (χ1n) is 4.72. The smallest absolute Gasteiger partial charge is 0.166 e. The third-order valence-electron chi connectivity index (χ3n) is 2.15. The molecule has 1 aromatic carbocycles. The van der Waals surface area contributed by atoms with Crippen LogP contribution in [0, 0.1) is 6.08 Å². The van der Waals surface area contributed by atoms with E-state index in [0.717, 1.165) is 30.5 Å². The van der Waals surface area contributed by atoms with E-state index in [1.807, 2.05) is 6.92 Å². The van der Waals surface area contributed by atoms with Gasteiger partial charge in [0.15, 0.2) is 0 Å². The van der Waals surface area contributed by atoms with Crippen LogP contribution in [0.3, 0.4) is 0 Å². The Kier molecular flexibility index (Phi) is 3.56. The van der Waals surface area contributed by atoms with E-state index in [0.29, 0.717) is 5.56 Å². The molecule has 15 heavy (non-hydrogen) atoms. The molecule has 0 bridgehead atoms. The molecular weight excluding hydrogens is 201 g/mol. The highest BCUT2D eigenvalue weighted by atomic mass is 19.4. The minimum absolute atomic E-state index is 0.451. The third-order valence-corrected chi connectivity index (χ3v) is 2.15. The summed E-state index contributed by atoms with van der Waals surface area (Å²) in [7, 11) is 0. The summed E-state index contributed by atoms with van der Waals surface area (Å²) in [6.07, 6.45) is -0.117. The fourth-order valence-electron chi connectivity index (χ4n) is 1.40. The molecule has 0 amide bonds. The number of rotatable bonds is 3. The first kappa shape index (κ1) is 11.8. The minimum Gasteiger partial charge on any atom is -0.166 e. The normalized spacial score (nSPS) is 11.5. The van der Waals surface area contributed by atoms with Crippen molar-refractivity contribution in [3.05, 3.63) is 47.5 Å². The second-order valence-corrected chi connectivity index (χ2v) is 3.30. The maximum Gasteiger partial charge on any atom is 0.416 e. The first-order chi connectivity index (χ1) is 6.99. The Morgan fingerprint density at radius 1 is 1.33 bits per heavy atom. The lowest BCUT2D eigenvalue weighted by Crippen LogP contribution is -2.06. The molecule has 0 aliphatic rings. The lowest BCUT2D eigenvalue weighted by atomic mass is 10.0. The molecule has 0 atom stereocenters. The monoisotopic (exact) mass is 213 g/mol. The van der Waals surface area contributed by atoms with Gasteiger partial charge in [-0.15, -0.1) is 0 Å². The van der Waals surface area contributed by atoms with E-state index in [2.05, 4.69) is 12.7 Å². The second-order valence-electron chi connectivity index (χ2n) is 3.30. The van der Waals surface area contributed by atoms with Crippen molar-refractivity contribution < 1.29 is 13.2 Å². The van der Waals surface area contributed by atoms with Gasteiger partial charge < -0.3 is 0 Å². The van der Waals surface area contributed by atoms with Crippen molar-refractivity contribution in [2.45, 2.75) is 25.9 Å². The van der Waals surface area contributed by atoms with Gasteiger partial charge >= 0.3 is 6.18 Å². The Morgan fingerprint density at radius 2 is 2.00 bits per heavy atom. The maximum absolute atomic E-state index is 12.4. The molecular formula is C12H12F3. The number of hydrogen-bond acceptors (Lipinski definition) is 0. The van der Waals surface area contributed by atoms with Gasteiger partial charge in [0, 0.05) is 0 Å². The van der Waals surface area contributed by atoms with Crippen molar-refractivity contribution in [3.8, 4) is 0 Å². The van der Waals surface area contributed by atoms with Gasteiger partial charge in [-0.05, 0) is 35.8 Å². The van der Waals surface area contributed by atoms with Crippen molar-refractivity contribution in [1.29, 1.82) is 0 Å². The molecule has 0 spiro atoms. The zero-order valence-electron chi connectivity index (χ0n) is 8.49. The van der Waals surface area contributed by atoms with E-state index < -0.39 is 11.7 Å². The van der Waals surface area contributed by atoms with Crippen LogP contribution in [0.2, 0.25) is 0 Å². The molecule has 3 heteroatoms. The zero-order chi connectivity index (χ0) is 11.5. The van der Waals surface area contributed by atoms with Crippen LogP contribution in [0.25, 0.3) is 0 Å². The van der Waals surface area contributed by atoms with Crippen LogP contribution < -0.4 is 0 Å². The fraction of sp³-hybridized carbons (Fsp3) is 0.333. The number of alkyl halides is 3. The van der Waals surface area contributed by atoms with Crippen LogP contribution in [0.5, 0.6) is 0 Å². The molecule has 0 N–H and O–H groups in total. The quantitative estimate of drug-likeness (QED) is 0.712. The van der Waals surface area contributed by atoms with Crippen LogP contribution in [0.1, 0.15) is 30.0 Å². The summed E-state index contributed by atoms with van der Waals surface area (Å²) in [6.45, 7) is 5.38. The third kappa shape index (κ3) is 2.85. The van der Waals surface area contributed by atoms with E-state index in [4.69, 9.17) is 0 Å². The molecule has 1 aromatic rings. The van der Waals surface area contributed by atoms with E-state index in [-0.39, 0.29) is 0 Å². The van der Waals surface area contributed by atoms with Crippen LogP contribution >= 0.6 is 0 Å². The molecule has 0 aliphatic carbocycles. The van der Waals surface area contributed by atoms with Gasteiger partial charge in [-0.25, -0.2) is 0 Å². The van der Waals surface area contributed by atoms with Gasteiger partial charge in [0.05, 0.1) is 5.56 Å². The van der Waals surface area contributed by atoms with E-state index in [9.17, 15) is 13.2 Å². The molecule has 0 aliphatic heterocycles. The molecule has 0 saturated carbocycles. The maximum atomic E-state index is 12.4. The lowest BCUT2D eigenvalue weighted by Gasteiger charge is -2.10. The van der Waals surface area contributed by atoms with Crippen molar-refractivity contribution in [3.63, 3.8) is 0 Å². The lowest BCUT2D eigenvalue weighted by molar-refractivity contribution is -0.137. The largest absolute Gasteiger partial charge is 0.416 e.